The quantitative estimate of drug-likeness (QED) is 0.793. The Labute approximate surface area is 107 Å². The number of nitrogens with zero attached hydrogens (tertiary/aromatic N) is 1. The molecule has 0 unspecified atom stereocenters. The lowest BCUT2D eigenvalue weighted by molar-refractivity contribution is 0.482. The second kappa shape index (κ2) is 4.96. The third-order valence-electron chi connectivity index (χ3n) is 2.97. The highest BCUT2D eigenvalue weighted by Gasteiger charge is 2.06. The van der Waals surface area contributed by atoms with Crippen molar-refractivity contribution in [3.05, 3.63) is 66.9 Å². The third kappa shape index (κ3) is 2.38. The van der Waals surface area contributed by atoms with E-state index >= 15 is 0 Å². The van der Waals surface area contributed by atoms with Crippen molar-refractivity contribution in [1.29, 1.82) is 0 Å². The van der Waals surface area contributed by atoms with E-state index in [4.69, 9.17) is 4.74 Å². The molecule has 1 aliphatic rings. The molecule has 0 amide bonds. The van der Waals surface area contributed by atoms with Crippen LogP contribution < -0.4 is 9.64 Å². The van der Waals surface area contributed by atoms with Gasteiger partial charge in [0.1, 0.15) is 11.5 Å². The number of ether oxygens (including phenoxy) is 1. The van der Waals surface area contributed by atoms with Gasteiger partial charge < -0.3 is 9.64 Å². The third-order valence-corrected chi connectivity index (χ3v) is 2.97. The molecule has 0 fully saturated rings. The van der Waals surface area contributed by atoms with Gasteiger partial charge in [-0.1, -0.05) is 24.3 Å². The fraction of sp³-hybridized carbons (Fsp3) is 0.125. The van der Waals surface area contributed by atoms with Gasteiger partial charge in [-0.25, -0.2) is 0 Å². The van der Waals surface area contributed by atoms with E-state index in [9.17, 15) is 0 Å². The molecule has 18 heavy (non-hydrogen) atoms. The van der Waals surface area contributed by atoms with Crippen LogP contribution in [-0.2, 0) is 0 Å². The van der Waals surface area contributed by atoms with Gasteiger partial charge in [-0.05, 0) is 42.8 Å². The highest BCUT2D eigenvalue weighted by atomic mass is 16.5. The summed E-state index contributed by atoms with van der Waals surface area (Å²) in [4.78, 5) is 2.24. The Hall–Kier alpha value is -2.22. The molecule has 2 aromatic carbocycles. The Balaban J connectivity index is 1.73. The molecule has 0 N–H and O–H groups in total. The standard InChI is InChI=1S/C16H15NO/c1-2-6-15(7-3-1)18-16-10-8-14(9-11-16)17-12-4-5-13-17/h1-4,6-12H,5,13H2. The Kier molecular flexibility index (Phi) is 3.01. The van der Waals surface area contributed by atoms with Crippen LogP contribution in [0.3, 0.4) is 0 Å². The molecule has 0 aliphatic carbocycles. The van der Waals surface area contributed by atoms with E-state index in [2.05, 4.69) is 29.3 Å². The number of benzene rings is 2. The molecule has 0 saturated heterocycles. The summed E-state index contributed by atoms with van der Waals surface area (Å²) in [6.07, 6.45) is 5.45. The second-order valence-electron chi connectivity index (χ2n) is 4.28. The molecule has 0 aromatic heterocycles. The van der Waals surface area contributed by atoms with Crippen molar-refractivity contribution in [3.8, 4) is 11.5 Å². The largest absolute Gasteiger partial charge is 0.457 e. The Morgan fingerprint density at radius 3 is 2.22 bits per heavy atom. The summed E-state index contributed by atoms with van der Waals surface area (Å²) in [6, 6.07) is 18.0. The average Bonchev–Trinajstić information content (AvgIpc) is 2.95. The molecule has 0 radical (unpaired) electrons. The van der Waals surface area contributed by atoms with E-state index < -0.39 is 0 Å². The van der Waals surface area contributed by atoms with Gasteiger partial charge in [0.05, 0.1) is 0 Å². The number of rotatable bonds is 3. The van der Waals surface area contributed by atoms with Crippen LogP contribution in [0.5, 0.6) is 11.5 Å². The van der Waals surface area contributed by atoms with E-state index in [1.54, 1.807) is 0 Å². The van der Waals surface area contributed by atoms with E-state index in [0.717, 1.165) is 24.5 Å². The minimum atomic E-state index is 0.867. The molecule has 0 saturated carbocycles. The maximum absolute atomic E-state index is 5.76. The lowest BCUT2D eigenvalue weighted by Crippen LogP contribution is -2.11. The second-order valence-corrected chi connectivity index (χ2v) is 4.28. The van der Waals surface area contributed by atoms with Crippen LogP contribution in [0.2, 0.25) is 0 Å². The van der Waals surface area contributed by atoms with Crippen molar-refractivity contribution >= 4 is 5.69 Å². The summed E-state index contributed by atoms with van der Waals surface area (Å²) >= 11 is 0. The molecule has 0 spiro atoms. The minimum Gasteiger partial charge on any atom is -0.457 e. The van der Waals surface area contributed by atoms with Crippen LogP contribution >= 0.6 is 0 Å². The molecule has 1 aliphatic heterocycles. The average molecular weight is 237 g/mol. The van der Waals surface area contributed by atoms with Crippen molar-refractivity contribution in [1.82, 2.24) is 0 Å². The summed E-state index contributed by atoms with van der Waals surface area (Å²) < 4.78 is 5.76. The van der Waals surface area contributed by atoms with Crippen LogP contribution in [0.25, 0.3) is 0 Å². The smallest absolute Gasteiger partial charge is 0.127 e. The normalized spacial score (nSPS) is 13.9. The minimum absolute atomic E-state index is 0.867. The first-order valence-electron chi connectivity index (χ1n) is 6.18. The molecule has 3 rings (SSSR count). The van der Waals surface area contributed by atoms with Crippen molar-refractivity contribution in [2.45, 2.75) is 6.42 Å². The Bertz CT molecular complexity index is 531. The summed E-state index contributed by atoms with van der Waals surface area (Å²) in [5.41, 5.74) is 1.21. The zero-order valence-electron chi connectivity index (χ0n) is 10.1. The van der Waals surface area contributed by atoms with Crippen LogP contribution in [-0.4, -0.2) is 6.54 Å². The molecule has 90 valence electrons. The maximum Gasteiger partial charge on any atom is 0.127 e. The van der Waals surface area contributed by atoms with E-state index in [1.165, 1.54) is 5.69 Å². The van der Waals surface area contributed by atoms with Crippen LogP contribution in [0, 0.1) is 0 Å². The fourth-order valence-electron chi connectivity index (χ4n) is 2.04. The first-order valence-corrected chi connectivity index (χ1v) is 6.18. The van der Waals surface area contributed by atoms with Gasteiger partial charge in [0.2, 0.25) is 0 Å². The van der Waals surface area contributed by atoms with Gasteiger partial charge in [-0.3, -0.25) is 0 Å². The first kappa shape index (κ1) is 10.9. The monoisotopic (exact) mass is 237 g/mol. The molecule has 2 nitrogen and oxygen atoms in total. The molecule has 0 atom stereocenters. The SMILES string of the molecule is C1=CN(c2ccc(Oc3ccccc3)cc2)CC1. The molecule has 1 heterocycles. The first-order chi connectivity index (χ1) is 8.92. The maximum atomic E-state index is 5.76. The summed E-state index contributed by atoms with van der Waals surface area (Å²) in [5.74, 6) is 1.74. The van der Waals surface area contributed by atoms with Crippen molar-refractivity contribution in [3.63, 3.8) is 0 Å². The van der Waals surface area contributed by atoms with Gasteiger partial charge in [0.15, 0.2) is 0 Å². The van der Waals surface area contributed by atoms with Crippen LogP contribution in [0.15, 0.2) is 66.9 Å². The lowest BCUT2D eigenvalue weighted by atomic mass is 10.3. The predicted molar refractivity (Wildman–Crippen MR) is 74.1 cm³/mol. The van der Waals surface area contributed by atoms with Crippen molar-refractivity contribution in [2.75, 3.05) is 11.4 Å². The van der Waals surface area contributed by atoms with E-state index in [-0.39, 0.29) is 0 Å². The summed E-state index contributed by atoms with van der Waals surface area (Å²) in [7, 11) is 0. The molecular formula is C16H15NO. The highest BCUT2D eigenvalue weighted by Crippen LogP contribution is 2.25. The Morgan fingerprint density at radius 1 is 0.833 bits per heavy atom. The van der Waals surface area contributed by atoms with Crippen molar-refractivity contribution < 1.29 is 4.74 Å². The zero-order chi connectivity index (χ0) is 12.2. The molecule has 2 heteroatoms. The number of para-hydroxylation sites is 1. The van der Waals surface area contributed by atoms with Crippen molar-refractivity contribution in [2.24, 2.45) is 0 Å². The highest BCUT2D eigenvalue weighted by molar-refractivity contribution is 5.53. The number of hydrogen-bond acceptors (Lipinski definition) is 2. The van der Waals surface area contributed by atoms with Gasteiger partial charge in [0, 0.05) is 18.4 Å². The summed E-state index contributed by atoms with van der Waals surface area (Å²) in [5, 5.41) is 0. The number of hydrogen-bond donors (Lipinski definition) is 0. The van der Waals surface area contributed by atoms with Gasteiger partial charge in [-0.2, -0.15) is 0 Å². The van der Waals surface area contributed by atoms with Gasteiger partial charge in [-0.15, -0.1) is 0 Å². The van der Waals surface area contributed by atoms with E-state index in [1.807, 2.05) is 42.5 Å². The zero-order valence-corrected chi connectivity index (χ0v) is 10.1. The van der Waals surface area contributed by atoms with Gasteiger partial charge in [0.25, 0.3) is 0 Å². The topological polar surface area (TPSA) is 12.5 Å². The molecular weight excluding hydrogens is 222 g/mol. The predicted octanol–water partition coefficient (Wildman–Crippen LogP) is 4.20. The van der Waals surface area contributed by atoms with Crippen LogP contribution in [0.4, 0.5) is 5.69 Å². The molecule has 2 aromatic rings. The number of anilines is 1. The summed E-state index contributed by atoms with van der Waals surface area (Å²) in [6.45, 7) is 1.07. The molecule has 0 bridgehead atoms. The lowest BCUT2D eigenvalue weighted by Gasteiger charge is -2.15. The van der Waals surface area contributed by atoms with Gasteiger partial charge >= 0.3 is 0 Å². The van der Waals surface area contributed by atoms with Crippen LogP contribution in [0.1, 0.15) is 6.42 Å². The van der Waals surface area contributed by atoms with E-state index in [0.29, 0.717) is 0 Å². The fourth-order valence-corrected chi connectivity index (χ4v) is 2.04. The Morgan fingerprint density at radius 2 is 1.56 bits per heavy atom.